The minimum absolute atomic E-state index is 0.202. The van der Waals surface area contributed by atoms with Crippen LogP contribution in [0.3, 0.4) is 0 Å². The first-order chi connectivity index (χ1) is 6.76. The molecule has 78 valence electrons. The van der Waals surface area contributed by atoms with Crippen molar-refractivity contribution in [3.63, 3.8) is 0 Å². The largest absolute Gasteiger partial charge is 0.396 e. The van der Waals surface area contributed by atoms with Crippen molar-refractivity contribution >= 4 is 11.5 Å². The Morgan fingerprint density at radius 3 is 2.86 bits per heavy atom. The smallest absolute Gasteiger partial charge is 0.123 e. The fraction of sp³-hybridized carbons (Fsp3) is 0.500. The summed E-state index contributed by atoms with van der Waals surface area (Å²) in [7, 11) is 0. The van der Waals surface area contributed by atoms with Gasteiger partial charge in [0.1, 0.15) is 5.82 Å². The van der Waals surface area contributed by atoms with E-state index in [2.05, 4.69) is 17.2 Å². The van der Waals surface area contributed by atoms with Crippen LogP contribution in [0.1, 0.15) is 19.8 Å². The zero-order valence-electron chi connectivity index (χ0n) is 8.40. The van der Waals surface area contributed by atoms with E-state index in [0.29, 0.717) is 11.9 Å². The van der Waals surface area contributed by atoms with Crippen molar-refractivity contribution in [2.45, 2.75) is 25.8 Å². The van der Waals surface area contributed by atoms with Gasteiger partial charge in [-0.05, 0) is 25.0 Å². The monoisotopic (exact) mass is 195 g/mol. The molecule has 1 aromatic heterocycles. The molecule has 4 nitrogen and oxygen atoms in total. The molecule has 0 radical (unpaired) electrons. The minimum Gasteiger partial charge on any atom is -0.396 e. The number of pyridine rings is 1. The van der Waals surface area contributed by atoms with Gasteiger partial charge in [-0.3, -0.25) is 0 Å². The summed E-state index contributed by atoms with van der Waals surface area (Å²) in [5.74, 6) is 0.519. The lowest BCUT2D eigenvalue weighted by Crippen LogP contribution is -2.19. The predicted octanol–water partition coefficient (Wildman–Crippen LogP) is 1.24. The van der Waals surface area contributed by atoms with E-state index in [4.69, 9.17) is 10.8 Å². The Balaban J connectivity index is 2.53. The zero-order valence-corrected chi connectivity index (χ0v) is 8.40. The number of nitrogens with one attached hydrogen (secondary N) is 1. The summed E-state index contributed by atoms with van der Waals surface area (Å²) >= 11 is 0. The van der Waals surface area contributed by atoms with Gasteiger partial charge >= 0.3 is 0 Å². The molecule has 0 bridgehead atoms. The molecule has 1 unspecified atom stereocenters. The average Bonchev–Trinajstić information content (AvgIpc) is 2.20. The third kappa shape index (κ3) is 3.22. The molecule has 0 saturated carbocycles. The summed E-state index contributed by atoms with van der Waals surface area (Å²) in [4.78, 5) is 3.98. The third-order valence-corrected chi connectivity index (χ3v) is 2.13. The Labute approximate surface area is 84.2 Å². The van der Waals surface area contributed by atoms with Crippen LogP contribution < -0.4 is 11.1 Å². The molecule has 0 aliphatic carbocycles. The number of aromatic nitrogens is 1. The van der Waals surface area contributed by atoms with Crippen LogP contribution in [-0.4, -0.2) is 22.7 Å². The Bertz CT molecular complexity index is 261. The van der Waals surface area contributed by atoms with Crippen LogP contribution >= 0.6 is 0 Å². The zero-order chi connectivity index (χ0) is 10.4. The lowest BCUT2D eigenvalue weighted by Gasteiger charge is -2.16. The maximum atomic E-state index is 8.81. The highest BCUT2D eigenvalue weighted by Gasteiger charge is 2.04. The van der Waals surface area contributed by atoms with Gasteiger partial charge in [0.05, 0.1) is 11.9 Å². The molecular weight excluding hydrogens is 178 g/mol. The van der Waals surface area contributed by atoms with Gasteiger partial charge in [0.15, 0.2) is 0 Å². The third-order valence-electron chi connectivity index (χ3n) is 2.13. The summed E-state index contributed by atoms with van der Waals surface area (Å²) in [5.41, 5.74) is 6.41. The molecule has 0 aromatic carbocycles. The molecule has 0 aliphatic heterocycles. The van der Waals surface area contributed by atoms with Crippen molar-refractivity contribution in [1.29, 1.82) is 0 Å². The number of hydrogen-bond acceptors (Lipinski definition) is 4. The fourth-order valence-corrected chi connectivity index (χ4v) is 1.26. The van der Waals surface area contributed by atoms with Gasteiger partial charge < -0.3 is 16.2 Å². The maximum Gasteiger partial charge on any atom is 0.123 e. The van der Waals surface area contributed by atoms with Crippen LogP contribution in [-0.2, 0) is 0 Å². The first-order valence-corrected chi connectivity index (χ1v) is 4.85. The quantitative estimate of drug-likeness (QED) is 0.661. The van der Waals surface area contributed by atoms with E-state index in [0.717, 1.165) is 18.5 Å². The Hall–Kier alpha value is -1.29. The number of nitrogens with two attached hydrogens (primary N) is 1. The molecule has 1 heterocycles. The average molecular weight is 195 g/mol. The number of nitrogens with zero attached hydrogens (tertiary/aromatic N) is 1. The van der Waals surface area contributed by atoms with E-state index in [1.54, 1.807) is 12.3 Å². The number of nitrogen functional groups attached to an aromatic ring is 1. The molecule has 0 aliphatic rings. The first-order valence-electron chi connectivity index (χ1n) is 4.85. The standard InChI is InChI=1S/C10H17N3O/c1-2-8(5-6-14)13-9-3-4-10(11)12-7-9/h3-4,7-8,13-14H,2,5-6H2,1H3,(H2,11,12). The summed E-state index contributed by atoms with van der Waals surface area (Å²) < 4.78 is 0. The molecule has 4 N–H and O–H groups in total. The van der Waals surface area contributed by atoms with E-state index >= 15 is 0 Å². The second kappa shape index (κ2) is 5.44. The van der Waals surface area contributed by atoms with E-state index in [9.17, 15) is 0 Å². The van der Waals surface area contributed by atoms with Crippen LogP contribution in [0, 0.1) is 0 Å². The molecular formula is C10H17N3O. The molecule has 0 spiro atoms. The Morgan fingerprint density at radius 2 is 2.36 bits per heavy atom. The fourth-order valence-electron chi connectivity index (χ4n) is 1.26. The van der Waals surface area contributed by atoms with Gasteiger partial charge in [0.25, 0.3) is 0 Å². The Morgan fingerprint density at radius 1 is 1.57 bits per heavy atom. The van der Waals surface area contributed by atoms with Crippen molar-refractivity contribution in [3.8, 4) is 0 Å². The highest BCUT2D eigenvalue weighted by Crippen LogP contribution is 2.11. The van der Waals surface area contributed by atoms with Crippen LogP contribution in [0.2, 0.25) is 0 Å². The van der Waals surface area contributed by atoms with Gasteiger partial charge in [0, 0.05) is 12.6 Å². The number of anilines is 2. The summed E-state index contributed by atoms with van der Waals surface area (Å²) in [6, 6.07) is 3.95. The van der Waals surface area contributed by atoms with Crippen molar-refractivity contribution < 1.29 is 5.11 Å². The second-order valence-electron chi connectivity index (χ2n) is 3.23. The minimum atomic E-state index is 0.202. The Kier molecular flexibility index (Phi) is 4.19. The van der Waals surface area contributed by atoms with E-state index < -0.39 is 0 Å². The maximum absolute atomic E-state index is 8.81. The van der Waals surface area contributed by atoms with Crippen LogP contribution in [0.25, 0.3) is 0 Å². The molecule has 1 rings (SSSR count). The molecule has 4 heteroatoms. The van der Waals surface area contributed by atoms with Crippen molar-refractivity contribution in [1.82, 2.24) is 4.98 Å². The van der Waals surface area contributed by atoms with Crippen LogP contribution in [0.5, 0.6) is 0 Å². The molecule has 0 fully saturated rings. The molecule has 1 aromatic rings. The number of rotatable bonds is 5. The molecule has 0 saturated heterocycles. The molecule has 0 amide bonds. The van der Waals surface area contributed by atoms with Crippen LogP contribution in [0.15, 0.2) is 18.3 Å². The summed E-state index contributed by atoms with van der Waals surface area (Å²) in [5, 5.41) is 12.1. The van der Waals surface area contributed by atoms with Crippen molar-refractivity contribution in [2.75, 3.05) is 17.7 Å². The first kappa shape index (κ1) is 10.8. The lowest BCUT2D eigenvalue weighted by molar-refractivity contribution is 0.278. The molecule has 1 atom stereocenters. The predicted molar refractivity (Wildman–Crippen MR) is 58.1 cm³/mol. The number of hydrogen-bond donors (Lipinski definition) is 3. The summed E-state index contributed by atoms with van der Waals surface area (Å²) in [6.07, 6.45) is 3.43. The summed E-state index contributed by atoms with van der Waals surface area (Å²) in [6.45, 7) is 2.28. The lowest BCUT2D eigenvalue weighted by atomic mass is 10.1. The van der Waals surface area contributed by atoms with E-state index in [1.807, 2.05) is 6.07 Å². The normalized spacial score (nSPS) is 12.4. The van der Waals surface area contributed by atoms with Gasteiger partial charge in [0.2, 0.25) is 0 Å². The molecule has 14 heavy (non-hydrogen) atoms. The van der Waals surface area contributed by atoms with Crippen LogP contribution in [0.4, 0.5) is 11.5 Å². The number of aliphatic hydroxyl groups excluding tert-OH is 1. The van der Waals surface area contributed by atoms with E-state index in [1.165, 1.54) is 0 Å². The SMILES string of the molecule is CCC(CCO)Nc1ccc(N)nc1. The second-order valence-corrected chi connectivity index (χ2v) is 3.23. The van der Waals surface area contributed by atoms with Gasteiger partial charge in [-0.25, -0.2) is 4.98 Å². The van der Waals surface area contributed by atoms with Crippen molar-refractivity contribution in [2.24, 2.45) is 0 Å². The van der Waals surface area contributed by atoms with Gasteiger partial charge in [-0.15, -0.1) is 0 Å². The highest BCUT2D eigenvalue weighted by molar-refractivity contribution is 5.45. The van der Waals surface area contributed by atoms with Gasteiger partial charge in [-0.1, -0.05) is 6.92 Å². The number of aliphatic hydroxyl groups is 1. The topological polar surface area (TPSA) is 71.2 Å². The highest BCUT2D eigenvalue weighted by atomic mass is 16.3. The van der Waals surface area contributed by atoms with E-state index in [-0.39, 0.29) is 6.61 Å². The van der Waals surface area contributed by atoms with Gasteiger partial charge in [-0.2, -0.15) is 0 Å². The van der Waals surface area contributed by atoms with Crippen molar-refractivity contribution in [3.05, 3.63) is 18.3 Å².